The number of anilines is 1. The van der Waals surface area contributed by atoms with Gasteiger partial charge in [-0.3, -0.25) is 9.52 Å². The molecule has 1 fully saturated rings. The maximum absolute atomic E-state index is 13.0. The summed E-state index contributed by atoms with van der Waals surface area (Å²) in [5.41, 5.74) is 0.820. The van der Waals surface area contributed by atoms with E-state index in [-0.39, 0.29) is 21.5 Å². The van der Waals surface area contributed by atoms with E-state index in [1.807, 2.05) is 0 Å². The number of nitrogens with zero attached hydrogens (tertiary/aromatic N) is 1. The first-order valence-corrected chi connectivity index (χ1v) is 12.9. The number of rotatable bonds is 5. The molecule has 1 aliphatic heterocycles. The first-order chi connectivity index (χ1) is 14.1. The van der Waals surface area contributed by atoms with Gasteiger partial charge in [0.05, 0.1) is 26.6 Å². The van der Waals surface area contributed by atoms with Crippen molar-refractivity contribution in [3.63, 3.8) is 0 Å². The number of aromatic nitrogens is 1. The van der Waals surface area contributed by atoms with E-state index < -0.39 is 37.6 Å². The van der Waals surface area contributed by atoms with Crippen LogP contribution in [-0.4, -0.2) is 45.3 Å². The van der Waals surface area contributed by atoms with E-state index in [1.165, 1.54) is 0 Å². The fourth-order valence-electron chi connectivity index (χ4n) is 3.07. The first kappa shape index (κ1) is 20.7. The van der Waals surface area contributed by atoms with Gasteiger partial charge in [0.2, 0.25) is 0 Å². The van der Waals surface area contributed by atoms with E-state index in [4.69, 9.17) is 0 Å². The Hall–Kier alpha value is -2.57. The number of benzene rings is 2. The summed E-state index contributed by atoms with van der Waals surface area (Å²) < 4.78 is 63.9. The lowest BCUT2D eigenvalue weighted by molar-refractivity contribution is 0.0941. The molecule has 0 bridgehead atoms. The Labute approximate surface area is 176 Å². The van der Waals surface area contributed by atoms with Crippen molar-refractivity contribution in [1.82, 2.24) is 10.3 Å². The number of sulfone groups is 1. The van der Waals surface area contributed by atoms with Crippen LogP contribution in [0.4, 0.5) is 9.52 Å². The summed E-state index contributed by atoms with van der Waals surface area (Å²) in [5, 5.41) is 2.82. The number of hydrogen-bond donors (Lipinski definition) is 2. The van der Waals surface area contributed by atoms with E-state index in [0.717, 1.165) is 35.6 Å². The van der Waals surface area contributed by atoms with Gasteiger partial charge < -0.3 is 5.32 Å². The molecule has 2 N–H and O–H groups in total. The third-order valence-electron chi connectivity index (χ3n) is 4.56. The number of sulfonamides is 1. The molecule has 2 aromatic carbocycles. The lowest BCUT2D eigenvalue weighted by Crippen LogP contribution is -2.35. The van der Waals surface area contributed by atoms with Crippen LogP contribution < -0.4 is 10.0 Å². The van der Waals surface area contributed by atoms with E-state index in [2.05, 4.69) is 15.0 Å². The van der Waals surface area contributed by atoms with Crippen LogP contribution in [0.15, 0.2) is 47.4 Å². The highest BCUT2D eigenvalue weighted by atomic mass is 32.2. The van der Waals surface area contributed by atoms with E-state index >= 15 is 0 Å². The van der Waals surface area contributed by atoms with Crippen molar-refractivity contribution in [3.8, 4) is 0 Å². The normalized spacial score (nSPS) is 18.4. The molecule has 0 aliphatic carbocycles. The summed E-state index contributed by atoms with van der Waals surface area (Å²) in [5.74, 6) is -0.962. The second-order valence-electron chi connectivity index (χ2n) is 6.83. The van der Waals surface area contributed by atoms with Gasteiger partial charge in [-0.15, -0.1) is 0 Å². The molecule has 0 radical (unpaired) electrons. The number of carbonyl (C=O) groups excluding carboxylic acids is 1. The first-order valence-electron chi connectivity index (χ1n) is 8.82. The quantitative estimate of drug-likeness (QED) is 0.590. The Morgan fingerprint density at radius 1 is 1.17 bits per heavy atom. The summed E-state index contributed by atoms with van der Waals surface area (Å²) in [4.78, 5) is 16.5. The van der Waals surface area contributed by atoms with Crippen molar-refractivity contribution in [2.24, 2.45) is 0 Å². The fourth-order valence-corrected chi connectivity index (χ4v) is 6.89. The van der Waals surface area contributed by atoms with Gasteiger partial charge in [0.25, 0.3) is 15.9 Å². The highest BCUT2D eigenvalue weighted by Gasteiger charge is 2.29. The zero-order valence-corrected chi connectivity index (χ0v) is 17.8. The average Bonchev–Trinajstić information content (AvgIpc) is 3.22. The molecule has 1 aromatic heterocycles. The van der Waals surface area contributed by atoms with Crippen LogP contribution >= 0.6 is 11.3 Å². The Morgan fingerprint density at radius 3 is 2.57 bits per heavy atom. The number of hydrogen-bond acceptors (Lipinski definition) is 7. The van der Waals surface area contributed by atoms with E-state index in [0.29, 0.717) is 22.2 Å². The minimum Gasteiger partial charge on any atom is -0.348 e. The van der Waals surface area contributed by atoms with Gasteiger partial charge in [-0.1, -0.05) is 11.3 Å². The van der Waals surface area contributed by atoms with Gasteiger partial charge in [-0.25, -0.2) is 26.2 Å². The molecular formula is C18H16FN3O5S3. The standard InChI is InChI=1S/C18H16FN3O5S3/c19-12-2-4-14(5-3-12)30(26,27)22-18-21-15-6-1-11(9-16(15)28-18)17(23)20-13-7-8-29(24,25)10-13/h1-6,9,13H,7-8,10H2,(H,20,23)(H,21,22)/t13-/m0/s1. The number of carbonyl (C=O) groups is 1. The van der Waals surface area contributed by atoms with Crippen molar-refractivity contribution >= 4 is 52.5 Å². The molecule has 0 unspecified atom stereocenters. The van der Waals surface area contributed by atoms with Crippen LogP contribution in [0.25, 0.3) is 10.2 Å². The molecule has 0 saturated carbocycles. The summed E-state index contributed by atoms with van der Waals surface area (Å²) in [6.45, 7) is 0. The van der Waals surface area contributed by atoms with Crippen LogP contribution in [0.2, 0.25) is 0 Å². The molecule has 1 amide bonds. The lowest BCUT2D eigenvalue weighted by atomic mass is 10.2. The number of amides is 1. The highest BCUT2D eigenvalue weighted by Crippen LogP contribution is 2.28. The minimum atomic E-state index is -3.94. The number of fused-ring (bicyclic) bond motifs is 1. The van der Waals surface area contributed by atoms with Crippen LogP contribution in [0.1, 0.15) is 16.8 Å². The van der Waals surface area contributed by atoms with Gasteiger partial charge in [0, 0.05) is 11.6 Å². The smallest absolute Gasteiger partial charge is 0.263 e. The summed E-state index contributed by atoms with van der Waals surface area (Å²) >= 11 is 1.04. The van der Waals surface area contributed by atoms with Crippen LogP contribution in [-0.2, 0) is 19.9 Å². The SMILES string of the molecule is O=C(N[C@H]1CCS(=O)(=O)C1)c1ccc2nc(NS(=O)(=O)c3ccc(F)cc3)sc2c1. The minimum absolute atomic E-state index is 0.0589. The fraction of sp³-hybridized carbons (Fsp3) is 0.222. The summed E-state index contributed by atoms with van der Waals surface area (Å²) in [7, 11) is -7.04. The zero-order valence-electron chi connectivity index (χ0n) is 15.3. The van der Waals surface area contributed by atoms with Crippen LogP contribution in [0, 0.1) is 5.82 Å². The van der Waals surface area contributed by atoms with Crippen molar-refractivity contribution in [2.45, 2.75) is 17.4 Å². The molecular weight excluding hydrogens is 453 g/mol. The largest absolute Gasteiger partial charge is 0.348 e. The predicted molar refractivity (Wildman–Crippen MR) is 111 cm³/mol. The van der Waals surface area contributed by atoms with Gasteiger partial charge >= 0.3 is 0 Å². The van der Waals surface area contributed by atoms with E-state index in [9.17, 15) is 26.0 Å². The topological polar surface area (TPSA) is 122 Å². The van der Waals surface area contributed by atoms with Crippen LogP contribution in [0.5, 0.6) is 0 Å². The molecule has 2 heterocycles. The lowest BCUT2D eigenvalue weighted by Gasteiger charge is -2.10. The monoisotopic (exact) mass is 469 g/mol. The van der Waals surface area contributed by atoms with Gasteiger partial charge in [0.15, 0.2) is 15.0 Å². The molecule has 0 spiro atoms. The third-order valence-corrected chi connectivity index (χ3v) is 8.75. The molecule has 1 aliphatic rings. The molecule has 1 atom stereocenters. The van der Waals surface area contributed by atoms with Gasteiger partial charge in [0.1, 0.15) is 5.82 Å². The molecule has 1 saturated heterocycles. The van der Waals surface area contributed by atoms with Crippen molar-refractivity contribution in [3.05, 3.63) is 53.8 Å². The van der Waals surface area contributed by atoms with Gasteiger partial charge in [-0.2, -0.15) is 0 Å². The van der Waals surface area contributed by atoms with Crippen molar-refractivity contribution < 1.29 is 26.0 Å². The molecule has 8 nitrogen and oxygen atoms in total. The number of nitrogens with one attached hydrogen (secondary N) is 2. The third kappa shape index (κ3) is 4.45. The Morgan fingerprint density at radius 2 is 1.90 bits per heavy atom. The Balaban J connectivity index is 1.52. The number of thiazole rings is 1. The molecule has 3 aromatic rings. The molecule has 30 heavy (non-hydrogen) atoms. The van der Waals surface area contributed by atoms with Gasteiger partial charge in [-0.05, 0) is 48.9 Å². The maximum atomic E-state index is 13.0. The van der Waals surface area contributed by atoms with Crippen LogP contribution in [0.3, 0.4) is 0 Å². The Kier molecular flexibility index (Phi) is 5.24. The van der Waals surface area contributed by atoms with Crippen molar-refractivity contribution in [1.29, 1.82) is 0 Å². The average molecular weight is 470 g/mol. The van der Waals surface area contributed by atoms with Crippen molar-refractivity contribution in [2.75, 3.05) is 16.2 Å². The second-order valence-corrected chi connectivity index (χ2v) is 11.8. The molecule has 4 rings (SSSR count). The summed E-state index contributed by atoms with van der Waals surface area (Å²) in [6.07, 6.45) is 0.381. The highest BCUT2D eigenvalue weighted by molar-refractivity contribution is 7.93. The second kappa shape index (κ2) is 7.60. The molecule has 12 heteroatoms. The van der Waals surface area contributed by atoms with E-state index in [1.54, 1.807) is 18.2 Å². The summed E-state index contributed by atoms with van der Waals surface area (Å²) in [6, 6.07) is 8.67. The zero-order chi connectivity index (χ0) is 21.5. The number of halogens is 1. The predicted octanol–water partition coefficient (Wildman–Crippen LogP) is 2.15. The Bertz CT molecular complexity index is 1340. The molecule has 158 valence electrons. The maximum Gasteiger partial charge on any atom is 0.263 e.